The highest BCUT2D eigenvalue weighted by Crippen LogP contribution is 2.27. The van der Waals surface area contributed by atoms with Gasteiger partial charge in [-0.25, -0.2) is 4.52 Å². The third-order valence-electron chi connectivity index (χ3n) is 4.78. The molecule has 0 radical (unpaired) electrons. The summed E-state index contributed by atoms with van der Waals surface area (Å²) in [4.78, 5) is 17.4. The van der Waals surface area contributed by atoms with E-state index in [1.54, 1.807) is 4.52 Å². The van der Waals surface area contributed by atoms with E-state index >= 15 is 0 Å². The van der Waals surface area contributed by atoms with Crippen LogP contribution in [0.25, 0.3) is 16.8 Å². The second-order valence-electron chi connectivity index (χ2n) is 6.83. The summed E-state index contributed by atoms with van der Waals surface area (Å²) in [5.41, 5.74) is 8.33. The Morgan fingerprint density at radius 1 is 1.36 bits per heavy atom. The molecule has 3 aromatic heterocycles. The van der Waals surface area contributed by atoms with Gasteiger partial charge in [-0.3, -0.25) is 4.79 Å². The zero-order valence-electron chi connectivity index (χ0n) is 14.1. The van der Waals surface area contributed by atoms with E-state index in [4.69, 9.17) is 5.73 Å². The predicted octanol–water partition coefficient (Wildman–Crippen LogP) is 3.35. The number of fused-ring (bicyclic) bond motifs is 1. The molecule has 3 heterocycles. The summed E-state index contributed by atoms with van der Waals surface area (Å²) in [6.07, 6.45) is 6.51. The lowest BCUT2D eigenvalue weighted by molar-refractivity contribution is 0.0925. The molecule has 0 saturated heterocycles. The van der Waals surface area contributed by atoms with E-state index in [0.717, 1.165) is 28.8 Å². The van der Waals surface area contributed by atoms with E-state index < -0.39 is 0 Å². The van der Waals surface area contributed by atoms with Crippen molar-refractivity contribution in [2.24, 2.45) is 5.92 Å². The molecule has 0 unspecified atom stereocenters. The van der Waals surface area contributed by atoms with Crippen LogP contribution < -0.4 is 11.1 Å². The van der Waals surface area contributed by atoms with E-state index in [-0.39, 0.29) is 11.9 Å². The van der Waals surface area contributed by atoms with Gasteiger partial charge in [0.1, 0.15) is 0 Å². The SMILES string of the molecule is C[C@H]1CCC[C@@H](NC(=O)c2cc(-c3ccc4nc(N)nn4c3)cs2)C1. The van der Waals surface area contributed by atoms with Crippen molar-refractivity contribution in [1.82, 2.24) is 19.9 Å². The minimum atomic E-state index is 0.0291. The number of anilines is 1. The van der Waals surface area contributed by atoms with Gasteiger partial charge in [0, 0.05) is 17.8 Å². The molecule has 1 saturated carbocycles. The maximum atomic E-state index is 12.5. The van der Waals surface area contributed by atoms with Crippen molar-refractivity contribution in [3.05, 3.63) is 34.7 Å². The Morgan fingerprint density at radius 2 is 2.24 bits per heavy atom. The quantitative estimate of drug-likeness (QED) is 0.754. The summed E-state index contributed by atoms with van der Waals surface area (Å²) in [6.45, 7) is 2.26. The number of pyridine rings is 1. The highest BCUT2D eigenvalue weighted by molar-refractivity contribution is 7.12. The topological polar surface area (TPSA) is 85.3 Å². The fourth-order valence-electron chi connectivity index (χ4n) is 3.50. The van der Waals surface area contributed by atoms with Gasteiger partial charge in [0.25, 0.3) is 5.91 Å². The van der Waals surface area contributed by atoms with Crippen molar-refractivity contribution < 1.29 is 4.79 Å². The highest BCUT2D eigenvalue weighted by atomic mass is 32.1. The number of rotatable bonds is 3. The van der Waals surface area contributed by atoms with E-state index in [9.17, 15) is 4.79 Å². The molecule has 6 nitrogen and oxygen atoms in total. The van der Waals surface area contributed by atoms with Crippen LogP contribution in [0.1, 0.15) is 42.3 Å². The third kappa shape index (κ3) is 3.37. The molecule has 1 aliphatic rings. The van der Waals surface area contributed by atoms with Crippen molar-refractivity contribution in [2.45, 2.75) is 38.6 Å². The zero-order valence-corrected chi connectivity index (χ0v) is 14.9. The Hall–Kier alpha value is -2.41. The van der Waals surface area contributed by atoms with Gasteiger partial charge in [0.2, 0.25) is 5.95 Å². The zero-order chi connectivity index (χ0) is 17.4. The molecule has 2 atom stereocenters. The van der Waals surface area contributed by atoms with Crippen LogP contribution in [0.5, 0.6) is 0 Å². The van der Waals surface area contributed by atoms with Crippen LogP contribution in [0.4, 0.5) is 5.95 Å². The molecule has 4 rings (SSSR count). The lowest BCUT2D eigenvalue weighted by Crippen LogP contribution is -2.37. The van der Waals surface area contributed by atoms with Crippen molar-refractivity contribution in [3.8, 4) is 11.1 Å². The molecule has 0 aliphatic heterocycles. The first-order chi connectivity index (χ1) is 12.1. The number of nitrogens with two attached hydrogens (primary N) is 1. The molecule has 3 aromatic rings. The number of hydrogen-bond acceptors (Lipinski definition) is 5. The Morgan fingerprint density at radius 3 is 3.08 bits per heavy atom. The number of carbonyl (C=O) groups is 1. The maximum absolute atomic E-state index is 12.5. The first kappa shape index (κ1) is 16.1. The second-order valence-corrected chi connectivity index (χ2v) is 7.74. The largest absolute Gasteiger partial charge is 0.366 e. The number of nitrogen functional groups attached to an aromatic ring is 1. The van der Waals surface area contributed by atoms with Crippen molar-refractivity contribution in [1.29, 1.82) is 0 Å². The van der Waals surface area contributed by atoms with Gasteiger partial charge in [0.05, 0.1) is 4.88 Å². The molecule has 0 bridgehead atoms. The minimum Gasteiger partial charge on any atom is -0.366 e. The van der Waals surface area contributed by atoms with Crippen molar-refractivity contribution >= 4 is 28.8 Å². The van der Waals surface area contributed by atoms with Gasteiger partial charge < -0.3 is 11.1 Å². The lowest BCUT2D eigenvalue weighted by atomic mass is 9.87. The summed E-state index contributed by atoms with van der Waals surface area (Å²) in [5.74, 6) is 0.977. The molecule has 0 aromatic carbocycles. The van der Waals surface area contributed by atoms with Crippen LogP contribution >= 0.6 is 11.3 Å². The van der Waals surface area contributed by atoms with Crippen LogP contribution in [0.15, 0.2) is 29.8 Å². The first-order valence-corrected chi connectivity index (χ1v) is 9.48. The van der Waals surface area contributed by atoms with Crippen LogP contribution in [0.2, 0.25) is 0 Å². The average molecular weight is 355 g/mol. The molecular formula is C18H21N5OS. The summed E-state index contributed by atoms with van der Waals surface area (Å²) in [5, 5.41) is 9.32. The number of amides is 1. The molecule has 7 heteroatoms. The lowest BCUT2D eigenvalue weighted by Gasteiger charge is -2.27. The molecular weight excluding hydrogens is 334 g/mol. The van der Waals surface area contributed by atoms with Crippen molar-refractivity contribution in [3.63, 3.8) is 0 Å². The summed E-state index contributed by atoms with van der Waals surface area (Å²) in [6, 6.07) is 6.08. The molecule has 3 N–H and O–H groups in total. The number of thiophene rings is 1. The smallest absolute Gasteiger partial charge is 0.261 e. The predicted molar refractivity (Wildman–Crippen MR) is 99.6 cm³/mol. The van der Waals surface area contributed by atoms with E-state index in [1.807, 2.05) is 29.8 Å². The fourth-order valence-corrected chi connectivity index (χ4v) is 4.32. The molecule has 130 valence electrons. The Kier molecular flexibility index (Phi) is 4.17. The average Bonchev–Trinajstić information content (AvgIpc) is 3.19. The molecule has 1 fully saturated rings. The van der Waals surface area contributed by atoms with Crippen LogP contribution in [-0.4, -0.2) is 26.5 Å². The fraction of sp³-hybridized carbons (Fsp3) is 0.389. The Labute approximate surface area is 150 Å². The van der Waals surface area contributed by atoms with E-state index in [2.05, 4.69) is 22.3 Å². The second kappa shape index (κ2) is 6.48. The van der Waals surface area contributed by atoms with E-state index in [1.165, 1.54) is 24.2 Å². The molecule has 1 aliphatic carbocycles. The van der Waals surface area contributed by atoms with Gasteiger partial charge in [-0.1, -0.05) is 19.8 Å². The number of carbonyl (C=O) groups excluding carboxylic acids is 1. The number of aromatic nitrogens is 3. The van der Waals surface area contributed by atoms with Gasteiger partial charge in [-0.05, 0) is 47.9 Å². The minimum absolute atomic E-state index is 0.0291. The monoisotopic (exact) mass is 355 g/mol. The van der Waals surface area contributed by atoms with Gasteiger partial charge in [-0.15, -0.1) is 16.4 Å². The summed E-state index contributed by atoms with van der Waals surface area (Å²) in [7, 11) is 0. The van der Waals surface area contributed by atoms with Crippen molar-refractivity contribution in [2.75, 3.05) is 5.73 Å². The van der Waals surface area contributed by atoms with E-state index in [0.29, 0.717) is 17.6 Å². The summed E-state index contributed by atoms with van der Waals surface area (Å²) >= 11 is 1.47. The maximum Gasteiger partial charge on any atom is 0.261 e. The van der Waals surface area contributed by atoms with Gasteiger partial charge >= 0.3 is 0 Å². The molecule has 1 amide bonds. The first-order valence-electron chi connectivity index (χ1n) is 8.60. The highest BCUT2D eigenvalue weighted by Gasteiger charge is 2.21. The normalized spacial score (nSPS) is 20.7. The third-order valence-corrected chi connectivity index (χ3v) is 5.70. The summed E-state index contributed by atoms with van der Waals surface area (Å²) < 4.78 is 1.66. The number of nitrogens with one attached hydrogen (secondary N) is 1. The number of hydrogen-bond donors (Lipinski definition) is 2. The van der Waals surface area contributed by atoms with Crippen LogP contribution in [0, 0.1) is 5.92 Å². The van der Waals surface area contributed by atoms with Crippen LogP contribution in [-0.2, 0) is 0 Å². The Balaban J connectivity index is 1.51. The Bertz CT molecular complexity index is 915. The number of nitrogens with zero attached hydrogens (tertiary/aromatic N) is 3. The molecule has 0 spiro atoms. The van der Waals surface area contributed by atoms with Gasteiger partial charge in [-0.2, -0.15) is 4.98 Å². The van der Waals surface area contributed by atoms with Crippen LogP contribution in [0.3, 0.4) is 0 Å². The molecule has 25 heavy (non-hydrogen) atoms. The standard InChI is InChI=1S/C18H21N5OS/c1-11-3-2-4-14(7-11)20-17(24)15-8-13(10-25-15)12-5-6-16-21-18(19)22-23(16)9-12/h5-6,8-11,14H,2-4,7H2,1H3,(H2,19,22)(H,20,24)/t11-,14+/m0/s1. The van der Waals surface area contributed by atoms with Gasteiger partial charge in [0.15, 0.2) is 5.65 Å².